The normalized spacial score (nSPS) is 13.1. The van der Waals surface area contributed by atoms with E-state index >= 15 is 0 Å². The van der Waals surface area contributed by atoms with Crippen LogP contribution in [-0.2, 0) is 6.54 Å². The summed E-state index contributed by atoms with van der Waals surface area (Å²) < 4.78 is 0. The Labute approximate surface area is 97.3 Å². The van der Waals surface area contributed by atoms with Crippen molar-refractivity contribution < 1.29 is 0 Å². The lowest BCUT2D eigenvalue weighted by Crippen LogP contribution is -2.25. The first-order chi connectivity index (χ1) is 7.11. The van der Waals surface area contributed by atoms with Crippen LogP contribution in [0.1, 0.15) is 18.3 Å². The van der Waals surface area contributed by atoms with Crippen molar-refractivity contribution in [2.75, 3.05) is 19.5 Å². The molecule has 1 aromatic heterocycles. The van der Waals surface area contributed by atoms with Crippen molar-refractivity contribution in [1.82, 2.24) is 9.88 Å². The molecule has 0 fully saturated rings. The molecule has 1 unspecified atom stereocenters. The van der Waals surface area contributed by atoms with Crippen molar-refractivity contribution in [3.8, 4) is 0 Å². The first kappa shape index (κ1) is 12.5. The van der Waals surface area contributed by atoms with Crippen LogP contribution in [-0.4, -0.2) is 29.4 Å². The summed E-state index contributed by atoms with van der Waals surface area (Å²) in [4.78, 5) is 6.73. The molecule has 15 heavy (non-hydrogen) atoms. The maximum absolute atomic E-state index is 5.78. The summed E-state index contributed by atoms with van der Waals surface area (Å²) in [7, 11) is 2.10. The summed E-state index contributed by atoms with van der Waals surface area (Å²) >= 11 is 5.78. The predicted molar refractivity (Wildman–Crippen MR) is 65.2 cm³/mol. The van der Waals surface area contributed by atoms with Crippen LogP contribution in [0.3, 0.4) is 0 Å². The SMILES string of the molecule is Cc1cccc(CN(C)CC(C)CCl)n1. The molecule has 0 saturated carbocycles. The van der Waals surface area contributed by atoms with E-state index in [2.05, 4.69) is 36.0 Å². The number of hydrogen-bond donors (Lipinski definition) is 0. The second-order valence-corrected chi connectivity index (χ2v) is 4.54. The van der Waals surface area contributed by atoms with Crippen LogP contribution < -0.4 is 0 Å². The topological polar surface area (TPSA) is 16.1 Å². The van der Waals surface area contributed by atoms with Crippen LogP contribution >= 0.6 is 11.6 Å². The summed E-state index contributed by atoms with van der Waals surface area (Å²) in [6.07, 6.45) is 0. The number of alkyl halides is 1. The summed E-state index contributed by atoms with van der Waals surface area (Å²) in [6.45, 7) is 6.08. The molecule has 0 N–H and O–H groups in total. The van der Waals surface area contributed by atoms with Gasteiger partial charge in [0.1, 0.15) is 0 Å². The van der Waals surface area contributed by atoms with Gasteiger partial charge in [-0.05, 0) is 32.0 Å². The molecule has 1 heterocycles. The van der Waals surface area contributed by atoms with E-state index < -0.39 is 0 Å². The van der Waals surface area contributed by atoms with Gasteiger partial charge < -0.3 is 4.90 Å². The highest BCUT2D eigenvalue weighted by molar-refractivity contribution is 6.18. The first-order valence-electron chi connectivity index (χ1n) is 5.29. The van der Waals surface area contributed by atoms with E-state index in [1.165, 1.54) is 0 Å². The van der Waals surface area contributed by atoms with Crippen LogP contribution in [0.2, 0.25) is 0 Å². The van der Waals surface area contributed by atoms with Crippen molar-refractivity contribution >= 4 is 11.6 Å². The fourth-order valence-electron chi connectivity index (χ4n) is 1.61. The number of halogens is 1. The molecular formula is C12H19ClN2. The van der Waals surface area contributed by atoms with Crippen molar-refractivity contribution in [2.45, 2.75) is 20.4 Å². The largest absolute Gasteiger partial charge is 0.300 e. The van der Waals surface area contributed by atoms with Crippen molar-refractivity contribution in [1.29, 1.82) is 0 Å². The summed E-state index contributed by atoms with van der Waals surface area (Å²) in [5.74, 6) is 1.24. The number of nitrogens with zero attached hydrogens (tertiary/aromatic N) is 2. The molecule has 1 aromatic rings. The van der Waals surface area contributed by atoms with E-state index in [9.17, 15) is 0 Å². The summed E-state index contributed by atoms with van der Waals surface area (Å²) in [5.41, 5.74) is 2.20. The second-order valence-electron chi connectivity index (χ2n) is 4.23. The average molecular weight is 227 g/mol. The maximum Gasteiger partial charge on any atom is 0.0547 e. The third-order valence-corrected chi connectivity index (χ3v) is 2.79. The quantitative estimate of drug-likeness (QED) is 0.718. The van der Waals surface area contributed by atoms with Gasteiger partial charge in [-0.3, -0.25) is 4.98 Å². The fourth-order valence-corrected chi connectivity index (χ4v) is 1.71. The standard InChI is InChI=1S/C12H19ClN2/c1-10(7-13)8-15(3)9-12-6-4-5-11(2)14-12/h4-6,10H,7-9H2,1-3H3. The molecule has 0 spiro atoms. The first-order valence-corrected chi connectivity index (χ1v) is 5.82. The molecule has 2 nitrogen and oxygen atoms in total. The van der Waals surface area contributed by atoms with E-state index in [1.807, 2.05) is 13.0 Å². The summed E-state index contributed by atoms with van der Waals surface area (Å²) in [5, 5.41) is 0. The highest BCUT2D eigenvalue weighted by atomic mass is 35.5. The molecule has 0 aliphatic rings. The minimum Gasteiger partial charge on any atom is -0.300 e. The van der Waals surface area contributed by atoms with Gasteiger partial charge in [0, 0.05) is 24.7 Å². The van der Waals surface area contributed by atoms with Crippen molar-refractivity contribution in [3.63, 3.8) is 0 Å². The third kappa shape index (κ3) is 4.63. The molecule has 1 rings (SSSR count). The molecule has 0 bridgehead atoms. The Kier molecular flexibility index (Phi) is 5.06. The maximum atomic E-state index is 5.78. The highest BCUT2D eigenvalue weighted by Crippen LogP contribution is 2.05. The molecule has 0 radical (unpaired) electrons. The van der Waals surface area contributed by atoms with Gasteiger partial charge in [0.2, 0.25) is 0 Å². The minimum absolute atomic E-state index is 0.529. The molecule has 0 aliphatic carbocycles. The Morgan fingerprint density at radius 3 is 2.80 bits per heavy atom. The molecule has 84 valence electrons. The molecule has 0 amide bonds. The van der Waals surface area contributed by atoms with Crippen LogP contribution in [0.25, 0.3) is 0 Å². The Balaban J connectivity index is 2.47. The zero-order chi connectivity index (χ0) is 11.3. The van der Waals surface area contributed by atoms with Crippen LogP contribution in [0.5, 0.6) is 0 Å². The number of aryl methyl sites for hydroxylation is 1. The predicted octanol–water partition coefficient (Wildman–Crippen LogP) is 2.70. The Bertz CT molecular complexity index is 301. The summed E-state index contributed by atoms with van der Waals surface area (Å²) in [6, 6.07) is 6.14. The van der Waals surface area contributed by atoms with Gasteiger partial charge in [0.25, 0.3) is 0 Å². The molecule has 0 saturated heterocycles. The number of pyridine rings is 1. The Morgan fingerprint density at radius 2 is 2.20 bits per heavy atom. The van der Waals surface area contributed by atoms with Crippen molar-refractivity contribution in [2.24, 2.45) is 5.92 Å². The Hall–Kier alpha value is -0.600. The third-order valence-electron chi connectivity index (χ3n) is 2.26. The fraction of sp³-hybridized carbons (Fsp3) is 0.583. The molecule has 3 heteroatoms. The zero-order valence-corrected chi connectivity index (χ0v) is 10.5. The van der Waals surface area contributed by atoms with E-state index in [4.69, 9.17) is 11.6 Å². The number of aromatic nitrogens is 1. The van der Waals surface area contributed by atoms with Crippen molar-refractivity contribution in [3.05, 3.63) is 29.6 Å². The van der Waals surface area contributed by atoms with Gasteiger partial charge in [-0.15, -0.1) is 11.6 Å². The van der Waals surface area contributed by atoms with E-state index in [-0.39, 0.29) is 0 Å². The lowest BCUT2D eigenvalue weighted by atomic mass is 10.2. The smallest absolute Gasteiger partial charge is 0.0547 e. The Morgan fingerprint density at radius 1 is 1.47 bits per heavy atom. The molecule has 0 aliphatic heterocycles. The van der Waals surface area contributed by atoms with E-state index in [0.717, 1.165) is 24.5 Å². The lowest BCUT2D eigenvalue weighted by molar-refractivity contribution is 0.286. The van der Waals surface area contributed by atoms with Gasteiger partial charge in [-0.25, -0.2) is 0 Å². The monoisotopic (exact) mass is 226 g/mol. The van der Waals surface area contributed by atoms with E-state index in [0.29, 0.717) is 11.8 Å². The van der Waals surface area contributed by atoms with Gasteiger partial charge in [0.15, 0.2) is 0 Å². The molecule has 0 aromatic carbocycles. The average Bonchev–Trinajstić information content (AvgIpc) is 2.17. The second kappa shape index (κ2) is 6.09. The van der Waals surface area contributed by atoms with Crippen LogP contribution in [0.4, 0.5) is 0 Å². The van der Waals surface area contributed by atoms with Crippen LogP contribution in [0, 0.1) is 12.8 Å². The number of hydrogen-bond acceptors (Lipinski definition) is 2. The minimum atomic E-state index is 0.529. The van der Waals surface area contributed by atoms with Gasteiger partial charge in [-0.1, -0.05) is 13.0 Å². The van der Waals surface area contributed by atoms with Gasteiger partial charge >= 0.3 is 0 Å². The van der Waals surface area contributed by atoms with E-state index in [1.54, 1.807) is 0 Å². The highest BCUT2D eigenvalue weighted by Gasteiger charge is 2.06. The number of rotatable bonds is 5. The molecule has 1 atom stereocenters. The lowest BCUT2D eigenvalue weighted by Gasteiger charge is -2.19. The van der Waals surface area contributed by atoms with Crippen LogP contribution in [0.15, 0.2) is 18.2 Å². The van der Waals surface area contributed by atoms with Gasteiger partial charge in [-0.2, -0.15) is 0 Å². The van der Waals surface area contributed by atoms with Gasteiger partial charge in [0.05, 0.1) is 5.69 Å². The molecular weight excluding hydrogens is 208 g/mol. The zero-order valence-electron chi connectivity index (χ0n) is 9.70.